The third-order valence-electron chi connectivity index (χ3n) is 3.45. The topological polar surface area (TPSA) is 80.0 Å². The van der Waals surface area contributed by atoms with Gasteiger partial charge in [0.05, 0.1) is 18.8 Å². The molecule has 0 bridgehead atoms. The molecular weight excluding hydrogens is 429 g/mol. The molecule has 0 aliphatic rings. The lowest BCUT2D eigenvalue weighted by atomic mass is 10.3. The van der Waals surface area contributed by atoms with Crippen molar-refractivity contribution >= 4 is 29.9 Å². The Morgan fingerprint density at radius 1 is 1.04 bits per heavy atom. The quantitative estimate of drug-likeness (QED) is 0.355. The van der Waals surface area contributed by atoms with Crippen LogP contribution in [0.2, 0.25) is 0 Å². The molecule has 3 aromatic rings. The van der Waals surface area contributed by atoms with Crippen molar-refractivity contribution in [2.75, 3.05) is 7.05 Å². The van der Waals surface area contributed by atoms with Crippen molar-refractivity contribution in [2.24, 2.45) is 4.99 Å². The van der Waals surface area contributed by atoms with Gasteiger partial charge in [0.15, 0.2) is 11.8 Å². The Labute approximate surface area is 163 Å². The van der Waals surface area contributed by atoms with E-state index in [1.807, 2.05) is 53.1 Å². The van der Waals surface area contributed by atoms with Gasteiger partial charge in [-0.05, 0) is 24.3 Å². The number of benzene rings is 1. The summed E-state index contributed by atoms with van der Waals surface area (Å²) in [6, 6.07) is 15.8. The van der Waals surface area contributed by atoms with E-state index in [-0.39, 0.29) is 24.0 Å². The first-order valence-corrected chi connectivity index (χ1v) is 7.65. The molecule has 0 radical (unpaired) electrons. The number of aromatic nitrogens is 4. The smallest absolute Gasteiger partial charge is 0.191 e. The lowest BCUT2D eigenvalue weighted by molar-refractivity contribution is 0.748. The maximum Gasteiger partial charge on any atom is 0.191 e. The zero-order valence-electron chi connectivity index (χ0n) is 13.8. The van der Waals surface area contributed by atoms with Crippen molar-refractivity contribution < 1.29 is 0 Å². The molecule has 0 fully saturated rings. The fraction of sp³-hybridized carbons (Fsp3) is 0.176. The number of para-hydroxylation sites is 1. The molecule has 3 rings (SSSR count). The van der Waals surface area contributed by atoms with E-state index in [0.717, 1.165) is 17.2 Å². The van der Waals surface area contributed by atoms with Crippen LogP contribution in [0.15, 0.2) is 66.0 Å². The van der Waals surface area contributed by atoms with Gasteiger partial charge in [0.25, 0.3) is 0 Å². The highest BCUT2D eigenvalue weighted by Crippen LogP contribution is 2.08. The number of guanidine groups is 1. The van der Waals surface area contributed by atoms with Crippen LogP contribution in [-0.4, -0.2) is 32.8 Å². The molecule has 130 valence electrons. The summed E-state index contributed by atoms with van der Waals surface area (Å²) >= 11 is 0. The number of nitrogens with one attached hydrogen (secondary N) is 2. The van der Waals surface area contributed by atoms with E-state index in [1.165, 1.54) is 0 Å². The fourth-order valence-corrected chi connectivity index (χ4v) is 2.24. The van der Waals surface area contributed by atoms with Crippen LogP contribution in [-0.2, 0) is 13.1 Å². The van der Waals surface area contributed by atoms with E-state index in [1.54, 1.807) is 19.6 Å². The number of rotatable bonds is 5. The summed E-state index contributed by atoms with van der Waals surface area (Å²) in [6.45, 7) is 1.11. The molecule has 0 saturated carbocycles. The predicted octanol–water partition coefficient (Wildman–Crippen LogP) is 2.15. The molecule has 0 atom stereocenters. The Morgan fingerprint density at radius 2 is 1.80 bits per heavy atom. The zero-order chi connectivity index (χ0) is 16.6. The second-order valence-electron chi connectivity index (χ2n) is 5.05. The van der Waals surface area contributed by atoms with Gasteiger partial charge in [0, 0.05) is 18.9 Å². The van der Waals surface area contributed by atoms with E-state index in [2.05, 4.69) is 30.8 Å². The Morgan fingerprint density at radius 3 is 2.52 bits per heavy atom. The van der Waals surface area contributed by atoms with E-state index in [9.17, 15) is 0 Å². The van der Waals surface area contributed by atoms with E-state index in [4.69, 9.17) is 0 Å². The van der Waals surface area contributed by atoms with Crippen molar-refractivity contribution in [3.05, 3.63) is 72.6 Å². The van der Waals surface area contributed by atoms with Gasteiger partial charge in [-0.25, -0.2) is 0 Å². The summed E-state index contributed by atoms with van der Waals surface area (Å²) < 4.78 is 1.94. The van der Waals surface area contributed by atoms with Crippen LogP contribution in [0.4, 0.5) is 0 Å². The van der Waals surface area contributed by atoms with Gasteiger partial charge in [-0.1, -0.05) is 24.3 Å². The van der Waals surface area contributed by atoms with E-state index < -0.39 is 0 Å². The zero-order valence-corrected chi connectivity index (χ0v) is 16.2. The molecule has 0 aliphatic carbocycles. The standard InChI is InChI=1S/C17H19N7.HI/c1-18-17(20-11-14-7-5-6-10-19-14)21-12-16-23-22-13-24(16)15-8-3-2-4-9-15;/h2-10,13H,11-12H2,1H3,(H2,18,20,21);1H. The van der Waals surface area contributed by atoms with Crippen molar-refractivity contribution in [2.45, 2.75) is 13.1 Å². The van der Waals surface area contributed by atoms with Crippen LogP contribution < -0.4 is 10.6 Å². The van der Waals surface area contributed by atoms with Crippen molar-refractivity contribution in [1.29, 1.82) is 0 Å². The summed E-state index contributed by atoms with van der Waals surface area (Å²) in [5.74, 6) is 1.49. The largest absolute Gasteiger partial charge is 0.351 e. The van der Waals surface area contributed by atoms with Gasteiger partial charge < -0.3 is 10.6 Å². The predicted molar refractivity (Wildman–Crippen MR) is 108 cm³/mol. The molecule has 0 aliphatic heterocycles. The van der Waals surface area contributed by atoms with Gasteiger partial charge in [-0.3, -0.25) is 14.5 Å². The van der Waals surface area contributed by atoms with Crippen LogP contribution in [0.25, 0.3) is 5.69 Å². The van der Waals surface area contributed by atoms with Gasteiger partial charge in [-0.2, -0.15) is 0 Å². The maximum atomic E-state index is 4.28. The van der Waals surface area contributed by atoms with Crippen LogP contribution in [0.1, 0.15) is 11.5 Å². The number of hydrogen-bond acceptors (Lipinski definition) is 4. The van der Waals surface area contributed by atoms with Crippen molar-refractivity contribution in [1.82, 2.24) is 30.4 Å². The third kappa shape index (κ3) is 5.24. The van der Waals surface area contributed by atoms with Crippen LogP contribution in [0.3, 0.4) is 0 Å². The average Bonchev–Trinajstić information content (AvgIpc) is 3.12. The summed E-state index contributed by atoms with van der Waals surface area (Å²) in [4.78, 5) is 8.49. The lowest BCUT2D eigenvalue weighted by Gasteiger charge is -2.12. The minimum Gasteiger partial charge on any atom is -0.351 e. The summed E-state index contributed by atoms with van der Waals surface area (Å²) in [6.07, 6.45) is 3.48. The summed E-state index contributed by atoms with van der Waals surface area (Å²) in [7, 11) is 1.73. The number of nitrogens with zero attached hydrogens (tertiary/aromatic N) is 5. The molecule has 2 N–H and O–H groups in total. The van der Waals surface area contributed by atoms with E-state index in [0.29, 0.717) is 19.0 Å². The number of hydrogen-bond donors (Lipinski definition) is 2. The second kappa shape index (κ2) is 9.72. The fourth-order valence-electron chi connectivity index (χ4n) is 2.24. The van der Waals surface area contributed by atoms with Crippen LogP contribution in [0, 0.1) is 0 Å². The average molecular weight is 449 g/mol. The molecular formula is C17H20IN7. The number of aliphatic imine (C=N–C) groups is 1. The molecule has 8 heteroatoms. The van der Waals surface area contributed by atoms with Crippen LogP contribution >= 0.6 is 24.0 Å². The summed E-state index contributed by atoms with van der Waals surface area (Å²) in [5, 5.41) is 14.6. The minimum absolute atomic E-state index is 0. The minimum atomic E-state index is 0. The van der Waals surface area contributed by atoms with Gasteiger partial charge in [0.1, 0.15) is 6.33 Å². The van der Waals surface area contributed by atoms with E-state index >= 15 is 0 Å². The molecule has 0 amide bonds. The lowest BCUT2D eigenvalue weighted by Crippen LogP contribution is -2.37. The molecule has 0 saturated heterocycles. The van der Waals surface area contributed by atoms with Gasteiger partial charge >= 0.3 is 0 Å². The first-order valence-electron chi connectivity index (χ1n) is 7.65. The number of pyridine rings is 1. The maximum absolute atomic E-state index is 4.28. The molecule has 25 heavy (non-hydrogen) atoms. The van der Waals surface area contributed by atoms with Gasteiger partial charge in [0.2, 0.25) is 0 Å². The van der Waals surface area contributed by atoms with Crippen LogP contribution in [0.5, 0.6) is 0 Å². The molecule has 0 spiro atoms. The van der Waals surface area contributed by atoms with Crippen molar-refractivity contribution in [3.63, 3.8) is 0 Å². The highest BCUT2D eigenvalue weighted by atomic mass is 127. The molecule has 2 aromatic heterocycles. The molecule has 1 aromatic carbocycles. The summed E-state index contributed by atoms with van der Waals surface area (Å²) in [5.41, 5.74) is 1.98. The monoisotopic (exact) mass is 449 g/mol. The third-order valence-corrected chi connectivity index (χ3v) is 3.45. The van der Waals surface area contributed by atoms with Crippen molar-refractivity contribution in [3.8, 4) is 5.69 Å². The second-order valence-corrected chi connectivity index (χ2v) is 5.05. The Kier molecular flexibility index (Phi) is 7.33. The SMILES string of the molecule is CN=C(NCc1ccccn1)NCc1nncn1-c1ccccc1.I. The molecule has 2 heterocycles. The Hall–Kier alpha value is -2.49. The Bertz CT molecular complexity index is 787. The first kappa shape index (κ1) is 18.8. The highest BCUT2D eigenvalue weighted by Gasteiger charge is 2.07. The highest BCUT2D eigenvalue weighted by molar-refractivity contribution is 14.0. The molecule has 0 unspecified atom stereocenters. The number of halogens is 1. The normalized spacial score (nSPS) is 10.8. The van der Waals surface area contributed by atoms with Gasteiger partial charge in [-0.15, -0.1) is 34.2 Å². The Balaban J connectivity index is 0.00000225. The molecule has 7 nitrogen and oxygen atoms in total. The first-order chi connectivity index (χ1) is 11.9.